The molecule has 0 radical (unpaired) electrons. The predicted octanol–water partition coefficient (Wildman–Crippen LogP) is 4.51. The van der Waals surface area contributed by atoms with Gasteiger partial charge in [0.1, 0.15) is 0 Å². The molecule has 0 aliphatic heterocycles. The summed E-state index contributed by atoms with van der Waals surface area (Å²) >= 11 is 5.45. The third kappa shape index (κ3) is 2.16. The van der Waals surface area contributed by atoms with Crippen molar-refractivity contribution in [3.8, 4) is 5.69 Å². The Morgan fingerprint density at radius 3 is 2.80 bits per heavy atom. The molecule has 0 spiro atoms. The summed E-state index contributed by atoms with van der Waals surface area (Å²) in [5, 5.41) is 0. The molecular formula is C16H17N3S. The summed E-state index contributed by atoms with van der Waals surface area (Å²) in [6.07, 6.45) is 1.87. The molecule has 3 aromatic rings. The molecule has 0 aliphatic rings. The highest BCUT2D eigenvalue weighted by Gasteiger charge is 2.09. The van der Waals surface area contributed by atoms with Crippen LogP contribution in [-0.2, 0) is 0 Å². The van der Waals surface area contributed by atoms with Crippen molar-refractivity contribution in [2.24, 2.45) is 0 Å². The third-order valence-corrected chi connectivity index (χ3v) is 3.74. The van der Waals surface area contributed by atoms with Gasteiger partial charge in [-0.2, -0.15) is 0 Å². The molecule has 4 heteroatoms. The van der Waals surface area contributed by atoms with E-state index in [-0.39, 0.29) is 0 Å². The minimum atomic E-state index is 0.490. The van der Waals surface area contributed by atoms with E-state index in [1.165, 1.54) is 5.56 Å². The number of aromatic amines is 1. The van der Waals surface area contributed by atoms with Gasteiger partial charge >= 0.3 is 0 Å². The van der Waals surface area contributed by atoms with Crippen molar-refractivity contribution >= 4 is 23.4 Å². The second-order valence-corrected chi connectivity index (χ2v) is 5.79. The average molecular weight is 283 g/mol. The molecule has 20 heavy (non-hydrogen) atoms. The zero-order valence-corrected chi connectivity index (χ0v) is 12.7. The zero-order chi connectivity index (χ0) is 14.3. The summed E-state index contributed by atoms with van der Waals surface area (Å²) in [6.45, 7) is 6.41. The van der Waals surface area contributed by atoms with Crippen LogP contribution < -0.4 is 0 Å². The fraction of sp³-hybridized carbons (Fsp3) is 0.250. The van der Waals surface area contributed by atoms with Gasteiger partial charge < -0.3 is 4.98 Å². The molecule has 0 atom stereocenters. The van der Waals surface area contributed by atoms with Gasteiger partial charge in [0.15, 0.2) is 10.4 Å². The highest BCUT2D eigenvalue weighted by molar-refractivity contribution is 7.71. The summed E-state index contributed by atoms with van der Waals surface area (Å²) in [7, 11) is 0. The molecule has 1 N–H and O–H groups in total. The molecule has 0 aliphatic carbocycles. The van der Waals surface area contributed by atoms with Crippen LogP contribution in [0.25, 0.3) is 16.9 Å². The Kier molecular flexibility index (Phi) is 3.18. The monoisotopic (exact) mass is 283 g/mol. The number of aryl methyl sites for hydroxylation is 1. The van der Waals surface area contributed by atoms with Gasteiger partial charge in [0.05, 0.1) is 11.2 Å². The molecule has 0 saturated carbocycles. The first kappa shape index (κ1) is 13.1. The average Bonchev–Trinajstić information content (AvgIpc) is 2.73. The number of H-pyrrole nitrogens is 1. The van der Waals surface area contributed by atoms with E-state index in [2.05, 4.69) is 54.1 Å². The summed E-state index contributed by atoms with van der Waals surface area (Å²) < 4.78 is 2.68. The van der Waals surface area contributed by atoms with Gasteiger partial charge in [-0.3, -0.25) is 4.57 Å². The molecule has 0 fully saturated rings. The standard InChI is InChI=1S/C16H17N3S/c1-10(2)12-5-4-6-13(8-12)19-15-14(18-16(19)20)7-11(3)9-17-15/h4-10H,1-3H3,(H,18,20). The van der Waals surface area contributed by atoms with Gasteiger partial charge in [-0.05, 0) is 54.4 Å². The number of rotatable bonds is 2. The first-order chi connectivity index (χ1) is 9.56. The molecule has 0 saturated heterocycles. The Labute approximate surface area is 123 Å². The first-order valence-corrected chi connectivity index (χ1v) is 7.15. The van der Waals surface area contributed by atoms with Crippen LogP contribution in [0.1, 0.15) is 30.9 Å². The lowest BCUT2D eigenvalue weighted by molar-refractivity contribution is 0.862. The Hall–Kier alpha value is -1.94. The second kappa shape index (κ2) is 4.87. The van der Waals surface area contributed by atoms with Crippen LogP contribution in [0.3, 0.4) is 0 Å². The van der Waals surface area contributed by atoms with Crippen LogP contribution in [0.15, 0.2) is 36.5 Å². The maximum atomic E-state index is 5.45. The molecule has 102 valence electrons. The largest absolute Gasteiger partial charge is 0.329 e. The summed E-state index contributed by atoms with van der Waals surface area (Å²) in [5.41, 5.74) is 5.33. The molecule has 0 amide bonds. The van der Waals surface area contributed by atoms with E-state index in [9.17, 15) is 0 Å². The minimum Gasteiger partial charge on any atom is -0.329 e. The van der Waals surface area contributed by atoms with Crippen LogP contribution in [-0.4, -0.2) is 14.5 Å². The number of hydrogen-bond donors (Lipinski definition) is 1. The molecule has 2 aromatic heterocycles. The maximum absolute atomic E-state index is 5.45. The summed E-state index contributed by atoms with van der Waals surface area (Å²) in [6, 6.07) is 10.5. The summed E-state index contributed by atoms with van der Waals surface area (Å²) in [4.78, 5) is 7.75. The van der Waals surface area contributed by atoms with Gasteiger partial charge in [0, 0.05) is 6.20 Å². The normalized spacial score (nSPS) is 11.4. The number of fused-ring (bicyclic) bond motifs is 1. The lowest BCUT2D eigenvalue weighted by Crippen LogP contribution is -1.97. The molecular weight excluding hydrogens is 266 g/mol. The minimum absolute atomic E-state index is 0.490. The SMILES string of the molecule is Cc1cnc2c(c1)[nH]c(=S)n2-c1cccc(C(C)C)c1. The van der Waals surface area contributed by atoms with Gasteiger partial charge in [-0.15, -0.1) is 0 Å². The lowest BCUT2D eigenvalue weighted by Gasteiger charge is -2.09. The number of nitrogens with zero attached hydrogens (tertiary/aromatic N) is 2. The second-order valence-electron chi connectivity index (χ2n) is 5.40. The molecule has 3 nitrogen and oxygen atoms in total. The Bertz CT molecular complexity index is 827. The van der Waals surface area contributed by atoms with Crippen molar-refractivity contribution in [2.75, 3.05) is 0 Å². The van der Waals surface area contributed by atoms with Crippen molar-refractivity contribution in [1.29, 1.82) is 0 Å². The van der Waals surface area contributed by atoms with Crippen molar-refractivity contribution in [2.45, 2.75) is 26.7 Å². The molecule has 2 heterocycles. The van der Waals surface area contributed by atoms with E-state index in [1.807, 2.05) is 17.7 Å². The van der Waals surface area contributed by atoms with E-state index in [1.54, 1.807) is 0 Å². The highest BCUT2D eigenvalue weighted by Crippen LogP contribution is 2.22. The van der Waals surface area contributed by atoms with E-state index in [0.29, 0.717) is 10.7 Å². The number of pyridine rings is 1. The smallest absolute Gasteiger partial charge is 0.183 e. The van der Waals surface area contributed by atoms with Gasteiger partial charge in [0.2, 0.25) is 0 Å². The molecule has 3 rings (SSSR count). The van der Waals surface area contributed by atoms with Crippen LogP contribution in [0.5, 0.6) is 0 Å². The van der Waals surface area contributed by atoms with Gasteiger partial charge in [-0.1, -0.05) is 26.0 Å². The maximum Gasteiger partial charge on any atom is 0.183 e. The third-order valence-electron chi connectivity index (χ3n) is 3.45. The first-order valence-electron chi connectivity index (χ1n) is 6.74. The molecule has 0 bridgehead atoms. The fourth-order valence-electron chi connectivity index (χ4n) is 2.36. The number of aromatic nitrogens is 3. The lowest BCUT2D eigenvalue weighted by atomic mass is 10.0. The van der Waals surface area contributed by atoms with Crippen LogP contribution in [0, 0.1) is 11.7 Å². The Morgan fingerprint density at radius 1 is 1.25 bits per heavy atom. The summed E-state index contributed by atoms with van der Waals surface area (Å²) in [5.74, 6) is 0.490. The van der Waals surface area contributed by atoms with Crippen molar-refractivity contribution in [1.82, 2.24) is 14.5 Å². The number of nitrogens with one attached hydrogen (secondary N) is 1. The topological polar surface area (TPSA) is 33.6 Å². The Balaban J connectivity index is 2.26. The highest BCUT2D eigenvalue weighted by atomic mass is 32.1. The van der Waals surface area contributed by atoms with Crippen LogP contribution in [0.2, 0.25) is 0 Å². The van der Waals surface area contributed by atoms with E-state index < -0.39 is 0 Å². The molecule has 0 unspecified atom stereocenters. The number of hydrogen-bond acceptors (Lipinski definition) is 2. The van der Waals surface area contributed by atoms with Crippen molar-refractivity contribution in [3.63, 3.8) is 0 Å². The number of imidazole rings is 1. The van der Waals surface area contributed by atoms with Crippen LogP contribution in [0.4, 0.5) is 0 Å². The van der Waals surface area contributed by atoms with E-state index in [4.69, 9.17) is 12.2 Å². The van der Waals surface area contributed by atoms with E-state index in [0.717, 1.165) is 22.4 Å². The predicted molar refractivity (Wildman–Crippen MR) is 85.1 cm³/mol. The quantitative estimate of drug-likeness (QED) is 0.702. The van der Waals surface area contributed by atoms with Gasteiger partial charge in [0.25, 0.3) is 0 Å². The van der Waals surface area contributed by atoms with E-state index >= 15 is 0 Å². The fourth-order valence-corrected chi connectivity index (χ4v) is 2.66. The zero-order valence-electron chi connectivity index (χ0n) is 11.8. The molecule has 1 aromatic carbocycles. The Morgan fingerprint density at radius 2 is 2.05 bits per heavy atom. The van der Waals surface area contributed by atoms with Crippen LogP contribution >= 0.6 is 12.2 Å². The van der Waals surface area contributed by atoms with Gasteiger partial charge in [-0.25, -0.2) is 4.98 Å². The van der Waals surface area contributed by atoms with Crippen molar-refractivity contribution in [3.05, 3.63) is 52.4 Å². The van der Waals surface area contributed by atoms with Crippen molar-refractivity contribution < 1.29 is 0 Å². The number of benzene rings is 1.